The average Bonchev–Trinajstić information content (AvgIpc) is 3.27. The maximum absolute atomic E-state index is 5.99. The van der Waals surface area contributed by atoms with Crippen molar-refractivity contribution in [1.82, 2.24) is 14.9 Å². The lowest BCUT2D eigenvalue weighted by molar-refractivity contribution is 0.135. The molecule has 7 nitrogen and oxygen atoms in total. The van der Waals surface area contributed by atoms with Crippen LogP contribution in [0.3, 0.4) is 0 Å². The van der Waals surface area contributed by atoms with E-state index < -0.39 is 0 Å². The second-order valence-electron chi connectivity index (χ2n) is 7.64. The van der Waals surface area contributed by atoms with Gasteiger partial charge in [0.25, 0.3) is 5.88 Å². The third kappa shape index (κ3) is 5.36. The van der Waals surface area contributed by atoms with Gasteiger partial charge in [-0.1, -0.05) is 6.42 Å². The van der Waals surface area contributed by atoms with Gasteiger partial charge < -0.3 is 19.5 Å². The van der Waals surface area contributed by atoms with Gasteiger partial charge in [0.05, 0.1) is 20.3 Å². The summed E-state index contributed by atoms with van der Waals surface area (Å²) in [5.41, 5.74) is 2.52. The van der Waals surface area contributed by atoms with Crippen LogP contribution in [0.4, 0.5) is 5.82 Å². The van der Waals surface area contributed by atoms with Gasteiger partial charge in [-0.2, -0.15) is 4.98 Å². The zero-order chi connectivity index (χ0) is 19.9. The first-order valence-electron chi connectivity index (χ1n) is 10.5. The molecular weight excluding hydrogens is 368 g/mol. The Bertz CT molecular complexity index is 789. The summed E-state index contributed by atoms with van der Waals surface area (Å²) in [7, 11) is 1.63. The van der Waals surface area contributed by atoms with Gasteiger partial charge in [0.1, 0.15) is 11.9 Å². The summed E-state index contributed by atoms with van der Waals surface area (Å²) in [6.45, 7) is 5.33. The Kier molecular flexibility index (Phi) is 6.79. The lowest BCUT2D eigenvalue weighted by Gasteiger charge is -2.27. The van der Waals surface area contributed by atoms with Crippen LogP contribution in [0.1, 0.15) is 36.8 Å². The van der Waals surface area contributed by atoms with Crippen LogP contribution in [0.15, 0.2) is 30.6 Å². The molecule has 0 saturated carbocycles. The first kappa shape index (κ1) is 19.9. The van der Waals surface area contributed by atoms with Crippen LogP contribution in [-0.4, -0.2) is 54.4 Å². The minimum Gasteiger partial charge on any atom is -0.491 e. The summed E-state index contributed by atoms with van der Waals surface area (Å²) in [6, 6.07) is 5.93. The first-order valence-corrected chi connectivity index (χ1v) is 10.5. The quantitative estimate of drug-likeness (QED) is 0.732. The van der Waals surface area contributed by atoms with Gasteiger partial charge in [-0.15, -0.1) is 0 Å². The highest BCUT2D eigenvalue weighted by molar-refractivity contribution is 5.45. The van der Waals surface area contributed by atoms with Crippen molar-refractivity contribution in [1.29, 1.82) is 0 Å². The summed E-state index contributed by atoms with van der Waals surface area (Å²) in [6.07, 6.45) is 8.67. The average molecular weight is 399 g/mol. The summed E-state index contributed by atoms with van der Waals surface area (Å²) in [4.78, 5) is 11.5. The van der Waals surface area contributed by atoms with E-state index in [0.29, 0.717) is 24.8 Å². The zero-order valence-corrected chi connectivity index (χ0v) is 17.1. The van der Waals surface area contributed by atoms with Crippen LogP contribution < -0.4 is 14.8 Å². The third-order valence-electron chi connectivity index (χ3n) is 5.52. The number of ether oxygens (including phenoxy) is 3. The fraction of sp³-hybridized carbons (Fsp3) is 0.545. The summed E-state index contributed by atoms with van der Waals surface area (Å²) in [5, 5.41) is 3.42. The summed E-state index contributed by atoms with van der Waals surface area (Å²) < 4.78 is 16.8. The molecule has 156 valence electrons. The zero-order valence-electron chi connectivity index (χ0n) is 17.1. The number of likely N-dealkylation sites (tertiary alicyclic amines) is 1. The summed E-state index contributed by atoms with van der Waals surface area (Å²) >= 11 is 0. The molecule has 0 amide bonds. The molecule has 1 atom stereocenters. The Labute approximate surface area is 172 Å². The largest absolute Gasteiger partial charge is 0.491 e. The fourth-order valence-electron chi connectivity index (χ4n) is 3.84. The number of rotatable bonds is 8. The molecule has 4 rings (SSSR count). The molecule has 2 saturated heterocycles. The van der Waals surface area contributed by atoms with Gasteiger partial charge >= 0.3 is 0 Å². The molecule has 0 aromatic carbocycles. The van der Waals surface area contributed by atoms with E-state index in [0.717, 1.165) is 25.4 Å². The molecule has 2 aliphatic rings. The molecular formula is C22H30N4O3. The van der Waals surface area contributed by atoms with Crippen LogP contribution in [0.25, 0.3) is 0 Å². The molecule has 1 N–H and O–H groups in total. The third-order valence-corrected chi connectivity index (χ3v) is 5.52. The Morgan fingerprint density at radius 3 is 2.86 bits per heavy atom. The summed E-state index contributed by atoms with van der Waals surface area (Å²) in [5.74, 6) is 1.90. The van der Waals surface area contributed by atoms with E-state index in [2.05, 4.69) is 26.3 Å². The highest BCUT2D eigenvalue weighted by atomic mass is 16.6. The molecule has 2 aromatic rings. The number of hydrogen-bond donors (Lipinski definition) is 1. The number of nitrogens with zero attached hydrogens (tertiary/aromatic N) is 3. The SMILES string of the molecule is COc1ccc(NCc2cnccc2CN2CCCCC2)nc1OC1CCOC1. The molecule has 7 heteroatoms. The molecule has 29 heavy (non-hydrogen) atoms. The highest BCUT2D eigenvalue weighted by Crippen LogP contribution is 2.29. The monoisotopic (exact) mass is 398 g/mol. The minimum atomic E-state index is 0.0288. The fourth-order valence-corrected chi connectivity index (χ4v) is 3.84. The van der Waals surface area contributed by atoms with Gasteiger partial charge in [-0.05, 0) is 55.3 Å². The highest BCUT2D eigenvalue weighted by Gasteiger charge is 2.20. The van der Waals surface area contributed by atoms with Crippen LogP contribution in [0, 0.1) is 0 Å². The molecule has 0 aliphatic carbocycles. The molecule has 2 aliphatic heterocycles. The van der Waals surface area contributed by atoms with Crippen LogP contribution >= 0.6 is 0 Å². The molecule has 2 aromatic heterocycles. The van der Waals surface area contributed by atoms with Gasteiger partial charge in [-0.25, -0.2) is 0 Å². The van der Waals surface area contributed by atoms with Crippen molar-refractivity contribution in [3.05, 3.63) is 41.7 Å². The molecule has 1 unspecified atom stereocenters. The Hall–Kier alpha value is -2.38. The van der Waals surface area contributed by atoms with Crippen molar-refractivity contribution in [2.45, 2.75) is 44.9 Å². The van der Waals surface area contributed by atoms with Gasteiger partial charge in [0, 0.05) is 31.9 Å². The second-order valence-corrected chi connectivity index (χ2v) is 7.64. The Morgan fingerprint density at radius 1 is 1.17 bits per heavy atom. The van der Waals surface area contributed by atoms with Crippen molar-refractivity contribution in [3.63, 3.8) is 0 Å². The number of aromatic nitrogens is 2. The molecule has 0 spiro atoms. The van der Waals surface area contributed by atoms with E-state index in [1.807, 2.05) is 24.5 Å². The van der Waals surface area contributed by atoms with Gasteiger partial charge in [0.15, 0.2) is 5.75 Å². The van der Waals surface area contributed by atoms with E-state index in [1.54, 1.807) is 7.11 Å². The molecule has 0 radical (unpaired) electrons. The maximum Gasteiger partial charge on any atom is 0.259 e. The van der Waals surface area contributed by atoms with Gasteiger partial charge in [-0.3, -0.25) is 9.88 Å². The topological polar surface area (TPSA) is 68.7 Å². The molecule has 0 bridgehead atoms. The Balaban J connectivity index is 1.42. The van der Waals surface area contributed by atoms with E-state index in [1.165, 1.54) is 43.5 Å². The van der Waals surface area contributed by atoms with Gasteiger partial charge in [0.2, 0.25) is 0 Å². The predicted octanol–water partition coefficient (Wildman–Crippen LogP) is 3.25. The molecule has 2 fully saturated rings. The maximum atomic E-state index is 5.99. The van der Waals surface area contributed by atoms with Crippen molar-refractivity contribution in [2.75, 3.05) is 38.7 Å². The lowest BCUT2D eigenvalue weighted by atomic mass is 10.1. The molecule has 4 heterocycles. The standard InChI is InChI=1S/C22H30N4O3/c1-27-20-5-6-21(25-22(20)29-19-8-12-28-16-19)24-14-18-13-23-9-7-17(18)15-26-10-3-2-4-11-26/h5-7,9,13,19H,2-4,8,10-12,14-16H2,1H3,(H,24,25). The first-order chi connectivity index (χ1) is 14.3. The van der Waals surface area contributed by atoms with Crippen molar-refractivity contribution < 1.29 is 14.2 Å². The second kappa shape index (κ2) is 9.89. The Morgan fingerprint density at radius 2 is 2.07 bits per heavy atom. The number of nitrogens with one attached hydrogen (secondary N) is 1. The number of anilines is 1. The van der Waals surface area contributed by atoms with Crippen LogP contribution in [0.2, 0.25) is 0 Å². The smallest absolute Gasteiger partial charge is 0.259 e. The van der Waals surface area contributed by atoms with E-state index in [9.17, 15) is 0 Å². The van der Waals surface area contributed by atoms with Crippen LogP contribution in [0.5, 0.6) is 11.6 Å². The van der Waals surface area contributed by atoms with E-state index >= 15 is 0 Å². The predicted molar refractivity (Wildman–Crippen MR) is 111 cm³/mol. The number of hydrogen-bond acceptors (Lipinski definition) is 7. The normalized spacial score (nSPS) is 19.8. The number of piperidine rings is 1. The lowest BCUT2D eigenvalue weighted by Crippen LogP contribution is -2.29. The van der Waals surface area contributed by atoms with Crippen molar-refractivity contribution in [2.24, 2.45) is 0 Å². The number of pyridine rings is 2. The van der Waals surface area contributed by atoms with Crippen molar-refractivity contribution in [3.8, 4) is 11.6 Å². The minimum absolute atomic E-state index is 0.0288. The van der Waals surface area contributed by atoms with E-state index in [4.69, 9.17) is 14.2 Å². The number of methoxy groups -OCH3 is 1. The van der Waals surface area contributed by atoms with Crippen LogP contribution in [-0.2, 0) is 17.8 Å². The van der Waals surface area contributed by atoms with E-state index in [-0.39, 0.29) is 6.10 Å². The van der Waals surface area contributed by atoms with Crippen molar-refractivity contribution >= 4 is 5.82 Å².